The van der Waals surface area contributed by atoms with Crippen LogP contribution in [0.5, 0.6) is 0 Å². The summed E-state index contributed by atoms with van der Waals surface area (Å²) in [5.41, 5.74) is 0. The summed E-state index contributed by atoms with van der Waals surface area (Å²) in [4.78, 5) is 2.43. The molecule has 1 aliphatic carbocycles. The molecule has 2 fully saturated rings. The van der Waals surface area contributed by atoms with E-state index in [0.29, 0.717) is 12.0 Å². The fourth-order valence-electron chi connectivity index (χ4n) is 3.21. The highest BCUT2D eigenvalue weighted by atomic mass is 16.5. The second kappa shape index (κ2) is 6.72. The van der Waals surface area contributed by atoms with E-state index in [-0.39, 0.29) is 6.10 Å². The molecular weight excluding hydrogens is 214 g/mol. The third-order valence-corrected chi connectivity index (χ3v) is 4.44. The molecule has 2 atom stereocenters. The van der Waals surface area contributed by atoms with Gasteiger partial charge in [-0.05, 0) is 25.2 Å². The summed E-state index contributed by atoms with van der Waals surface area (Å²) >= 11 is 0. The van der Waals surface area contributed by atoms with Crippen LogP contribution in [-0.4, -0.2) is 48.5 Å². The van der Waals surface area contributed by atoms with E-state index in [9.17, 15) is 5.11 Å². The molecule has 0 aromatic rings. The number of aliphatic hydroxyl groups is 1. The predicted molar refractivity (Wildman–Crippen MR) is 69.1 cm³/mol. The molecular formula is C14H27NO2. The lowest BCUT2D eigenvalue weighted by Crippen LogP contribution is -2.49. The molecule has 17 heavy (non-hydrogen) atoms. The summed E-state index contributed by atoms with van der Waals surface area (Å²) in [6.07, 6.45) is 7.42. The maximum absolute atomic E-state index is 10.4. The quantitative estimate of drug-likeness (QED) is 0.817. The van der Waals surface area contributed by atoms with Gasteiger partial charge in [-0.1, -0.05) is 26.2 Å². The molecule has 1 heterocycles. The molecule has 1 saturated heterocycles. The highest BCUT2D eigenvalue weighted by Gasteiger charge is 2.27. The standard InChI is InChI=1S/C14H27NO2/c1-2-13-11-17-9-8-15(13)10-14(16)12-6-4-3-5-7-12/h12-14,16H,2-11H2,1H3. The lowest BCUT2D eigenvalue weighted by Gasteiger charge is -2.38. The van der Waals surface area contributed by atoms with Gasteiger partial charge < -0.3 is 9.84 Å². The van der Waals surface area contributed by atoms with Crippen molar-refractivity contribution in [2.24, 2.45) is 5.92 Å². The molecule has 1 aliphatic heterocycles. The second-order valence-electron chi connectivity index (χ2n) is 5.60. The van der Waals surface area contributed by atoms with Gasteiger partial charge in [-0.25, -0.2) is 0 Å². The van der Waals surface area contributed by atoms with Crippen LogP contribution < -0.4 is 0 Å². The number of rotatable bonds is 4. The number of morpholine rings is 1. The summed E-state index contributed by atoms with van der Waals surface area (Å²) in [6.45, 7) is 5.72. The fraction of sp³-hybridized carbons (Fsp3) is 1.00. The first-order valence-corrected chi connectivity index (χ1v) is 7.31. The zero-order valence-electron chi connectivity index (χ0n) is 11.1. The Kier molecular flexibility index (Phi) is 5.26. The highest BCUT2D eigenvalue weighted by molar-refractivity contribution is 4.80. The lowest BCUT2D eigenvalue weighted by atomic mass is 9.85. The van der Waals surface area contributed by atoms with Crippen LogP contribution in [0.1, 0.15) is 45.4 Å². The molecule has 2 aliphatic rings. The molecule has 0 amide bonds. The third kappa shape index (κ3) is 3.67. The summed E-state index contributed by atoms with van der Waals surface area (Å²) in [5, 5.41) is 10.4. The molecule has 2 unspecified atom stereocenters. The van der Waals surface area contributed by atoms with Crippen molar-refractivity contribution in [2.75, 3.05) is 26.3 Å². The van der Waals surface area contributed by atoms with E-state index in [0.717, 1.165) is 32.7 Å². The number of ether oxygens (including phenoxy) is 1. The minimum absolute atomic E-state index is 0.123. The number of hydrogen-bond acceptors (Lipinski definition) is 3. The predicted octanol–water partition coefficient (Wildman–Crippen LogP) is 2.04. The van der Waals surface area contributed by atoms with Crippen molar-refractivity contribution >= 4 is 0 Å². The van der Waals surface area contributed by atoms with Crippen molar-refractivity contribution < 1.29 is 9.84 Å². The van der Waals surface area contributed by atoms with Gasteiger partial charge in [-0.15, -0.1) is 0 Å². The third-order valence-electron chi connectivity index (χ3n) is 4.44. The Hall–Kier alpha value is -0.120. The first kappa shape index (κ1) is 13.3. The van der Waals surface area contributed by atoms with Crippen molar-refractivity contribution in [3.05, 3.63) is 0 Å². The summed E-state index contributed by atoms with van der Waals surface area (Å²) < 4.78 is 5.51. The Bertz CT molecular complexity index is 216. The van der Waals surface area contributed by atoms with Gasteiger partial charge in [0.25, 0.3) is 0 Å². The maximum Gasteiger partial charge on any atom is 0.0695 e. The van der Waals surface area contributed by atoms with E-state index in [1.54, 1.807) is 0 Å². The SMILES string of the molecule is CCC1COCCN1CC(O)C1CCCCC1. The van der Waals surface area contributed by atoms with Crippen LogP contribution in [0.15, 0.2) is 0 Å². The Labute approximate surface area is 105 Å². The molecule has 0 bridgehead atoms. The van der Waals surface area contributed by atoms with Gasteiger partial charge in [-0.2, -0.15) is 0 Å². The monoisotopic (exact) mass is 241 g/mol. The van der Waals surface area contributed by atoms with Crippen LogP contribution in [0, 0.1) is 5.92 Å². The van der Waals surface area contributed by atoms with Crippen molar-refractivity contribution in [2.45, 2.75) is 57.6 Å². The number of hydrogen-bond donors (Lipinski definition) is 1. The minimum atomic E-state index is -0.123. The minimum Gasteiger partial charge on any atom is -0.392 e. The van der Waals surface area contributed by atoms with E-state index in [1.807, 2.05) is 0 Å². The van der Waals surface area contributed by atoms with E-state index in [4.69, 9.17) is 4.74 Å². The zero-order chi connectivity index (χ0) is 12.1. The Morgan fingerprint density at radius 3 is 2.76 bits per heavy atom. The van der Waals surface area contributed by atoms with Crippen LogP contribution in [0.25, 0.3) is 0 Å². The number of nitrogens with zero attached hydrogens (tertiary/aromatic N) is 1. The number of aliphatic hydroxyl groups excluding tert-OH is 1. The largest absolute Gasteiger partial charge is 0.392 e. The topological polar surface area (TPSA) is 32.7 Å². The van der Waals surface area contributed by atoms with E-state index >= 15 is 0 Å². The molecule has 3 heteroatoms. The van der Waals surface area contributed by atoms with Gasteiger partial charge in [0.2, 0.25) is 0 Å². The van der Waals surface area contributed by atoms with Gasteiger partial charge in [0, 0.05) is 19.1 Å². The zero-order valence-corrected chi connectivity index (χ0v) is 11.1. The average Bonchev–Trinajstić information content (AvgIpc) is 2.40. The Morgan fingerprint density at radius 1 is 1.29 bits per heavy atom. The van der Waals surface area contributed by atoms with Crippen molar-refractivity contribution in [1.82, 2.24) is 4.90 Å². The van der Waals surface area contributed by atoms with Crippen molar-refractivity contribution in [3.63, 3.8) is 0 Å². The Balaban J connectivity index is 1.81. The van der Waals surface area contributed by atoms with Gasteiger partial charge in [-0.3, -0.25) is 4.90 Å². The van der Waals surface area contributed by atoms with Gasteiger partial charge in [0.1, 0.15) is 0 Å². The molecule has 1 saturated carbocycles. The number of β-amino-alcohol motifs (C(OH)–C–C–N with tert-alkyl or cyclic N) is 1. The summed E-state index contributed by atoms with van der Waals surface area (Å²) in [6, 6.07) is 0.516. The van der Waals surface area contributed by atoms with Crippen LogP contribution in [0.2, 0.25) is 0 Å². The normalized spacial score (nSPS) is 30.4. The molecule has 1 N–H and O–H groups in total. The van der Waals surface area contributed by atoms with Crippen LogP contribution >= 0.6 is 0 Å². The maximum atomic E-state index is 10.4. The first-order chi connectivity index (χ1) is 8.31. The summed E-state index contributed by atoms with van der Waals surface area (Å²) in [7, 11) is 0. The van der Waals surface area contributed by atoms with Crippen LogP contribution in [-0.2, 0) is 4.74 Å². The van der Waals surface area contributed by atoms with Gasteiger partial charge in [0.15, 0.2) is 0 Å². The van der Waals surface area contributed by atoms with Crippen LogP contribution in [0.4, 0.5) is 0 Å². The van der Waals surface area contributed by atoms with Gasteiger partial charge >= 0.3 is 0 Å². The average molecular weight is 241 g/mol. The first-order valence-electron chi connectivity index (χ1n) is 7.31. The Morgan fingerprint density at radius 2 is 2.06 bits per heavy atom. The molecule has 100 valence electrons. The molecule has 2 rings (SSSR count). The highest BCUT2D eigenvalue weighted by Crippen LogP contribution is 2.27. The van der Waals surface area contributed by atoms with E-state index < -0.39 is 0 Å². The second-order valence-corrected chi connectivity index (χ2v) is 5.60. The molecule has 0 radical (unpaired) electrons. The molecule has 0 aromatic heterocycles. The van der Waals surface area contributed by atoms with Gasteiger partial charge in [0.05, 0.1) is 19.3 Å². The molecule has 0 aromatic carbocycles. The lowest BCUT2D eigenvalue weighted by molar-refractivity contribution is -0.0397. The fourth-order valence-corrected chi connectivity index (χ4v) is 3.21. The molecule has 0 spiro atoms. The summed E-state index contributed by atoms with van der Waals surface area (Å²) in [5.74, 6) is 0.545. The smallest absolute Gasteiger partial charge is 0.0695 e. The van der Waals surface area contributed by atoms with Crippen molar-refractivity contribution in [1.29, 1.82) is 0 Å². The van der Waals surface area contributed by atoms with Crippen LogP contribution in [0.3, 0.4) is 0 Å². The molecule has 3 nitrogen and oxygen atoms in total. The van der Waals surface area contributed by atoms with Crippen molar-refractivity contribution in [3.8, 4) is 0 Å². The van der Waals surface area contributed by atoms with E-state index in [1.165, 1.54) is 32.1 Å². The van der Waals surface area contributed by atoms with E-state index in [2.05, 4.69) is 11.8 Å².